The first-order valence-corrected chi connectivity index (χ1v) is 9.70. The van der Waals surface area contributed by atoms with Crippen molar-refractivity contribution in [3.05, 3.63) is 58.0 Å². The quantitative estimate of drug-likeness (QED) is 0.813. The predicted octanol–water partition coefficient (Wildman–Crippen LogP) is 3.96. The number of carbonyl (C=O) groups excluding carboxylic acids is 2. The van der Waals surface area contributed by atoms with Crippen LogP contribution < -0.4 is 0 Å². The first kappa shape index (κ1) is 18.6. The molecule has 1 fully saturated rings. The zero-order chi connectivity index (χ0) is 18.7. The Morgan fingerprint density at radius 3 is 2.42 bits per heavy atom. The highest BCUT2D eigenvalue weighted by atomic mass is 32.1. The van der Waals surface area contributed by atoms with E-state index in [1.807, 2.05) is 29.3 Å². The molecular formula is C20H23FN2O2S. The Labute approximate surface area is 157 Å². The number of nitrogens with zero attached hydrogens (tertiary/aromatic N) is 2. The Bertz CT molecular complexity index is 753. The zero-order valence-electron chi connectivity index (χ0n) is 15.0. The van der Waals surface area contributed by atoms with Crippen molar-refractivity contribution in [2.75, 3.05) is 20.1 Å². The zero-order valence-corrected chi connectivity index (χ0v) is 15.8. The van der Waals surface area contributed by atoms with E-state index < -0.39 is 0 Å². The van der Waals surface area contributed by atoms with Crippen LogP contribution in [-0.2, 0) is 4.79 Å². The van der Waals surface area contributed by atoms with Crippen molar-refractivity contribution in [2.45, 2.75) is 25.8 Å². The molecule has 1 saturated heterocycles. The van der Waals surface area contributed by atoms with Gasteiger partial charge in [0.1, 0.15) is 5.82 Å². The highest BCUT2D eigenvalue weighted by Gasteiger charge is 2.31. The second-order valence-corrected chi connectivity index (χ2v) is 7.67. The molecule has 0 unspecified atom stereocenters. The van der Waals surface area contributed by atoms with Crippen LogP contribution in [0.3, 0.4) is 0 Å². The number of piperidine rings is 1. The van der Waals surface area contributed by atoms with Crippen LogP contribution in [0, 0.1) is 11.7 Å². The molecule has 0 saturated carbocycles. The number of hydrogen-bond donors (Lipinski definition) is 0. The normalized spacial score (nSPS) is 16.3. The molecule has 1 aromatic heterocycles. The lowest BCUT2D eigenvalue weighted by Gasteiger charge is -2.35. The largest absolute Gasteiger partial charge is 0.339 e. The molecule has 26 heavy (non-hydrogen) atoms. The Hall–Kier alpha value is -2.21. The summed E-state index contributed by atoms with van der Waals surface area (Å²) in [6.45, 7) is 3.15. The second-order valence-electron chi connectivity index (χ2n) is 6.72. The fraction of sp³-hybridized carbons (Fsp3) is 0.400. The number of amides is 2. The van der Waals surface area contributed by atoms with E-state index in [0.29, 0.717) is 25.9 Å². The van der Waals surface area contributed by atoms with Gasteiger partial charge in [-0.1, -0.05) is 18.2 Å². The molecule has 2 heterocycles. The molecule has 6 heteroatoms. The smallest absolute Gasteiger partial charge is 0.263 e. The monoisotopic (exact) mass is 374 g/mol. The molecule has 1 aliphatic heterocycles. The van der Waals surface area contributed by atoms with Crippen LogP contribution >= 0.6 is 11.3 Å². The molecule has 2 aromatic rings. The van der Waals surface area contributed by atoms with E-state index in [4.69, 9.17) is 0 Å². The fourth-order valence-electron chi connectivity index (χ4n) is 3.33. The van der Waals surface area contributed by atoms with E-state index in [1.54, 1.807) is 24.1 Å². The van der Waals surface area contributed by atoms with E-state index in [2.05, 4.69) is 0 Å². The van der Waals surface area contributed by atoms with Gasteiger partial charge in [-0.05, 0) is 48.9 Å². The van der Waals surface area contributed by atoms with Gasteiger partial charge in [-0.25, -0.2) is 4.39 Å². The van der Waals surface area contributed by atoms with Gasteiger partial charge < -0.3 is 9.80 Å². The van der Waals surface area contributed by atoms with Gasteiger partial charge in [0.15, 0.2) is 0 Å². The van der Waals surface area contributed by atoms with Crippen LogP contribution in [0.5, 0.6) is 0 Å². The number of carbonyl (C=O) groups is 2. The van der Waals surface area contributed by atoms with Crippen LogP contribution in [0.25, 0.3) is 0 Å². The average Bonchev–Trinajstić information content (AvgIpc) is 3.21. The number of thiophene rings is 1. The van der Waals surface area contributed by atoms with Crippen LogP contribution in [0.2, 0.25) is 0 Å². The number of halogens is 1. The summed E-state index contributed by atoms with van der Waals surface area (Å²) in [5, 5.41) is 1.90. The molecule has 1 atom stereocenters. The molecule has 3 rings (SSSR count). The molecule has 2 amide bonds. The predicted molar refractivity (Wildman–Crippen MR) is 101 cm³/mol. The number of benzene rings is 1. The maximum absolute atomic E-state index is 13.1. The third-order valence-corrected chi connectivity index (χ3v) is 6.00. The molecule has 138 valence electrons. The first-order valence-electron chi connectivity index (χ1n) is 8.82. The van der Waals surface area contributed by atoms with Crippen molar-refractivity contribution >= 4 is 23.2 Å². The van der Waals surface area contributed by atoms with Crippen LogP contribution in [0.4, 0.5) is 4.39 Å². The maximum atomic E-state index is 13.1. The summed E-state index contributed by atoms with van der Waals surface area (Å²) < 4.78 is 13.1. The summed E-state index contributed by atoms with van der Waals surface area (Å²) in [5.74, 6) is -0.211. The Morgan fingerprint density at radius 2 is 1.85 bits per heavy atom. The Balaban J connectivity index is 1.57. The van der Waals surface area contributed by atoms with Gasteiger partial charge in [-0.15, -0.1) is 11.3 Å². The van der Waals surface area contributed by atoms with Crippen molar-refractivity contribution < 1.29 is 14.0 Å². The Kier molecular flexibility index (Phi) is 5.71. The number of likely N-dealkylation sites (tertiary alicyclic amines) is 1. The van der Waals surface area contributed by atoms with Gasteiger partial charge in [0.2, 0.25) is 5.91 Å². The van der Waals surface area contributed by atoms with Crippen LogP contribution in [-0.4, -0.2) is 41.8 Å². The fourth-order valence-corrected chi connectivity index (χ4v) is 4.02. The first-order chi connectivity index (χ1) is 12.5. The van der Waals surface area contributed by atoms with E-state index in [9.17, 15) is 14.0 Å². The SMILES string of the molecule is C[C@@H](c1ccc(F)cc1)N(C)C(=O)C1CCN(C(=O)c2cccs2)CC1. The van der Waals surface area contributed by atoms with Gasteiger partial charge in [0, 0.05) is 26.1 Å². The summed E-state index contributed by atoms with van der Waals surface area (Å²) in [6.07, 6.45) is 1.35. The molecule has 0 aliphatic carbocycles. The van der Waals surface area contributed by atoms with E-state index in [1.165, 1.54) is 23.5 Å². The summed E-state index contributed by atoms with van der Waals surface area (Å²) in [6, 6.07) is 9.85. The molecule has 4 nitrogen and oxygen atoms in total. The van der Waals surface area contributed by atoms with Crippen molar-refractivity contribution in [3.8, 4) is 0 Å². The lowest BCUT2D eigenvalue weighted by molar-refractivity contribution is -0.137. The lowest BCUT2D eigenvalue weighted by Crippen LogP contribution is -2.43. The molecule has 0 bridgehead atoms. The average molecular weight is 374 g/mol. The minimum absolute atomic E-state index is 0.0546. The van der Waals surface area contributed by atoms with Gasteiger partial charge in [-0.3, -0.25) is 9.59 Å². The molecule has 0 spiro atoms. The highest BCUT2D eigenvalue weighted by molar-refractivity contribution is 7.12. The standard InChI is InChI=1S/C20H23FN2O2S/c1-14(15-5-7-17(21)8-6-15)22(2)19(24)16-9-11-23(12-10-16)20(25)18-4-3-13-26-18/h3-8,13-14,16H,9-12H2,1-2H3/t14-/m0/s1. The van der Waals surface area contributed by atoms with E-state index in [0.717, 1.165) is 10.4 Å². The van der Waals surface area contributed by atoms with Crippen molar-refractivity contribution in [1.29, 1.82) is 0 Å². The molecule has 1 aliphatic rings. The van der Waals surface area contributed by atoms with Crippen LogP contribution in [0.15, 0.2) is 41.8 Å². The van der Waals surface area contributed by atoms with Crippen LogP contribution in [0.1, 0.15) is 41.0 Å². The second kappa shape index (κ2) is 7.99. The van der Waals surface area contributed by atoms with Gasteiger partial charge in [-0.2, -0.15) is 0 Å². The van der Waals surface area contributed by atoms with Gasteiger partial charge in [0.25, 0.3) is 5.91 Å². The minimum Gasteiger partial charge on any atom is -0.339 e. The van der Waals surface area contributed by atoms with Crippen molar-refractivity contribution in [2.24, 2.45) is 5.92 Å². The summed E-state index contributed by atoms with van der Waals surface area (Å²) in [5.41, 5.74) is 0.910. The molecular weight excluding hydrogens is 351 g/mol. The molecule has 0 radical (unpaired) electrons. The number of hydrogen-bond acceptors (Lipinski definition) is 3. The Morgan fingerprint density at radius 1 is 1.19 bits per heavy atom. The topological polar surface area (TPSA) is 40.6 Å². The molecule has 1 aromatic carbocycles. The van der Waals surface area contributed by atoms with E-state index in [-0.39, 0.29) is 29.6 Å². The maximum Gasteiger partial charge on any atom is 0.263 e. The summed E-state index contributed by atoms with van der Waals surface area (Å²) in [4.78, 5) is 29.5. The van der Waals surface area contributed by atoms with Crippen molar-refractivity contribution in [1.82, 2.24) is 9.80 Å². The summed E-state index contributed by atoms with van der Waals surface area (Å²) in [7, 11) is 1.79. The molecule has 0 N–H and O–H groups in total. The van der Waals surface area contributed by atoms with Gasteiger partial charge in [0.05, 0.1) is 10.9 Å². The van der Waals surface area contributed by atoms with E-state index >= 15 is 0 Å². The lowest BCUT2D eigenvalue weighted by atomic mass is 9.94. The van der Waals surface area contributed by atoms with Gasteiger partial charge >= 0.3 is 0 Å². The minimum atomic E-state index is -0.280. The summed E-state index contributed by atoms with van der Waals surface area (Å²) >= 11 is 1.45. The third-order valence-electron chi connectivity index (χ3n) is 5.14. The number of rotatable bonds is 4. The highest BCUT2D eigenvalue weighted by Crippen LogP contribution is 2.26. The third kappa shape index (κ3) is 3.96. The van der Waals surface area contributed by atoms with Crippen molar-refractivity contribution in [3.63, 3.8) is 0 Å².